The number of hydrogen-bond acceptors (Lipinski definition) is 4. The van der Waals surface area contributed by atoms with E-state index in [-0.39, 0.29) is 11.7 Å². The molecule has 1 heterocycles. The predicted octanol–water partition coefficient (Wildman–Crippen LogP) is 4.53. The van der Waals surface area contributed by atoms with Gasteiger partial charge in [-0.3, -0.25) is 9.78 Å². The number of anilines is 2. The first-order valence-corrected chi connectivity index (χ1v) is 9.13. The number of carbonyl (C=O) groups is 1. The van der Waals surface area contributed by atoms with Crippen LogP contribution in [0.1, 0.15) is 23.0 Å². The molecule has 0 fully saturated rings. The molecular formula is C22H22FN3O2. The van der Waals surface area contributed by atoms with Gasteiger partial charge in [-0.15, -0.1) is 0 Å². The molecule has 0 radical (unpaired) electrons. The Morgan fingerprint density at radius 2 is 1.89 bits per heavy atom. The van der Waals surface area contributed by atoms with E-state index in [0.29, 0.717) is 30.3 Å². The zero-order valence-electron chi connectivity index (χ0n) is 15.6. The van der Waals surface area contributed by atoms with Crippen LogP contribution in [0.4, 0.5) is 15.8 Å². The molecule has 0 atom stereocenters. The molecule has 28 heavy (non-hydrogen) atoms. The molecule has 0 unspecified atom stereocenters. The van der Waals surface area contributed by atoms with Crippen molar-refractivity contribution >= 4 is 17.3 Å². The van der Waals surface area contributed by atoms with Crippen LogP contribution in [0.25, 0.3) is 0 Å². The minimum Gasteiger partial charge on any atom is -0.492 e. The number of pyridine rings is 1. The van der Waals surface area contributed by atoms with Crippen molar-refractivity contribution in [3.8, 4) is 5.75 Å². The molecule has 6 heteroatoms. The molecule has 0 bridgehead atoms. The third kappa shape index (κ3) is 5.30. The highest BCUT2D eigenvalue weighted by Gasteiger charge is 2.11. The Hall–Kier alpha value is -3.41. The van der Waals surface area contributed by atoms with E-state index in [9.17, 15) is 9.18 Å². The maximum Gasteiger partial charge on any atom is 0.274 e. The second kappa shape index (κ2) is 9.50. The summed E-state index contributed by atoms with van der Waals surface area (Å²) in [5.41, 5.74) is 2.73. The van der Waals surface area contributed by atoms with E-state index in [0.717, 1.165) is 17.7 Å². The van der Waals surface area contributed by atoms with Gasteiger partial charge in [0.25, 0.3) is 5.91 Å². The summed E-state index contributed by atoms with van der Waals surface area (Å²) in [4.78, 5) is 16.7. The summed E-state index contributed by atoms with van der Waals surface area (Å²) in [6.07, 6.45) is 2.33. The maximum atomic E-state index is 12.9. The SMILES string of the molecule is CCOc1ccccc1NC(=O)c1cc(NCCc2ccc(F)cc2)ccn1. The Kier molecular flexibility index (Phi) is 6.57. The predicted molar refractivity (Wildman–Crippen MR) is 108 cm³/mol. The van der Waals surface area contributed by atoms with Gasteiger partial charge in [-0.05, 0) is 55.3 Å². The van der Waals surface area contributed by atoms with Crippen molar-refractivity contribution in [3.05, 3.63) is 83.9 Å². The third-order valence-corrected chi connectivity index (χ3v) is 4.08. The highest BCUT2D eigenvalue weighted by Crippen LogP contribution is 2.24. The molecule has 3 rings (SSSR count). The largest absolute Gasteiger partial charge is 0.492 e. The first kappa shape index (κ1) is 19.4. The van der Waals surface area contributed by atoms with Crippen LogP contribution in [-0.2, 0) is 6.42 Å². The monoisotopic (exact) mass is 379 g/mol. The van der Waals surface area contributed by atoms with Crippen molar-refractivity contribution in [3.63, 3.8) is 0 Å². The molecule has 5 nitrogen and oxygen atoms in total. The van der Waals surface area contributed by atoms with Crippen molar-refractivity contribution in [1.29, 1.82) is 0 Å². The molecule has 0 spiro atoms. The second-order valence-corrected chi connectivity index (χ2v) is 6.12. The Morgan fingerprint density at radius 1 is 1.11 bits per heavy atom. The molecule has 144 valence electrons. The highest BCUT2D eigenvalue weighted by molar-refractivity contribution is 6.04. The molecular weight excluding hydrogens is 357 g/mol. The van der Waals surface area contributed by atoms with Gasteiger partial charge in [0, 0.05) is 18.4 Å². The Morgan fingerprint density at radius 3 is 2.68 bits per heavy atom. The normalized spacial score (nSPS) is 10.4. The Balaban J connectivity index is 1.61. The average molecular weight is 379 g/mol. The van der Waals surface area contributed by atoms with E-state index < -0.39 is 0 Å². The molecule has 3 aromatic rings. The zero-order chi connectivity index (χ0) is 19.8. The summed E-state index contributed by atoms with van der Waals surface area (Å²) >= 11 is 0. The molecule has 1 amide bonds. The quantitative estimate of drug-likeness (QED) is 0.604. The van der Waals surface area contributed by atoms with E-state index in [1.54, 1.807) is 42.6 Å². The smallest absolute Gasteiger partial charge is 0.274 e. The van der Waals surface area contributed by atoms with Crippen molar-refractivity contribution < 1.29 is 13.9 Å². The van der Waals surface area contributed by atoms with Crippen LogP contribution in [0.3, 0.4) is 0 Å². The van der Waals surface area contributed by atoms with Crippen LogP contribution < -0.4 is 15.4 Å². The fourth-order valence-corrected chi connectivity index (χ4v) is 2.70. The highest BCUT2D eigenvalue weighted by atomic mass is 19.1. The fraction of sp³-hybridized carbons (Fsp3) is 0.182. The van der Waals surface area contributed by atoms with Gasteiger partial charge in [-0.25, -0.2) is 4.39 Å². The summed E-state index contributed by atoms with van der Waals surface area (Å²) in [5.74, 6) is 0.0636. The van der Waals surface area contributed by atoms with Gasteiger partial charge in [-0.1, -0.05) is 24.3 Å². The lowest BCUT2D eigenvalue weighted by Gasteiger charge is -2.12. The van der Waals surface area contributed by atoms with E-state index in [1.807, 2.05) is 19.1 Å². The van der Waals surface area contributed by atoms with E-state index in [2.05, 4.69) is 15.6 Å². The fourth-order valence-electron chi connectivity index (χ4n) is 2.70. The number of amides is 1. The first-order chi connectivity index (χ1) is 13.7. The van der Waals surface area contributed by atoms with Gasteiger partial charge in [0.1, 0.15) is 17.3 Å². The molecule has 2 N–H and O–H groups in total. The zero-order valence-corrected chi connectivity index (χ0v) is 15.6. The minimum atomic E-state index is -0.311. The van der Waals surface area contributed by atoms with Gasteiger partial charge in [0.15, 0.2) is 0 Å². The molecule has 0 saturated carbocycles. The Labute approximate surface area is 163 Å². The lowest BCUT2D eigenvalue weighted by Crippen LogP contribution is -2.15. The minimum absolute atomic E-state index is 0.243. The lowest BCUT2D eigenvalue weighted by molar-refractivity contribution is 0.102. The van der Waals surface area contributed by atoms with Crippen LogP contribution in [-0.4, -0.2) is 24.0 Å². The summed E-state index contributed by atoms with van der Waals surface area (Å²) in [6, 6.07) is 17.2. The number of rotatable bonds is 8. The van der Waals surface area contributed by atoms with Crippen LogP contribution in [0.2, 0.25) is 0 Å². The van der Waals surface area contributed by atoms with Crippen molar-refractivity contribution in [1.82, 2.24) is 4.98 Å². The Bertz CT molecular complexity index is 929. The van der Waals surface area contributed by atoms with Crippen LogP contribution >= 0.6 is 0 Å². The van der Waals surface area contributed by atoms with Crippen LogP contribution in [0.5, 0.6) is 5.75 Å². The van der Waals surface area contributed by atoms with Gasteiger partial charge in [0.2, 0.25) is 0 Å². The van der Waals surface area contributed by atoms with Crippen LogP contribution in [0.15, 0.2) is 66.9 Å². The first-order valence-electron chi connectivity index (χ1n) is 9.13. The second-order valence-electron chi connectivity index (χ2n) is 6.12. The maximum absolute atomic E-state index is 12.9. The number of carbonyl (C=O) groups excluding carboxylic acids is 1. The van der Waals surface area contributed by atoms with Gasteiger partial charge >= 0.3 is 0 Å². The number of benzene rings is 2. The summed E-state index contributed by atoms with van der Waals surface area (Å²) in [6.45, 7) is 3.06. The molecule has 1 aromatic heterocycles. The number of para-hydroxylation sites is 2. The third-order valence-electron chi connectivity index (χ3n) is 4.08. The molecule has 0 aliphatic rings. The number of ether oxygens (including phenoxy) is 1. The number of hydrogen-bond donors (Lipinski definition) is 2. The topological polar surface area (TPSA) is 63.2 Å². The van der Waals surface area contributed by atoms with E-state index in [4.69, 9.17) is 4.74 Å². The number of nitrogens with one attached hydrogen (secondary N) is 2. The van der Waals surface area contributed by atoms with Gasteiger partial charge in [-0.2, -0.15) is 0 Å². The van der Waals surface area contributed by atoms with E-state index >= 15 is 0 Å². The average Bonchev–Trinajstić information content (AvgIpc) is 2.71. The number of nitrogens with zero attached hydrogens (tertiary/aromatic N) is 1. The lowest BCUT2D eigenvalue weighted by atomic mass is 10.1. The molecule has 2 aromatic carbocycles. The summed E-state index contributed by atoms with van der Waals surface area (Å²) < 4.78 is 18.5. The van der Waals surface area contributed by atoms with E-state index in [1.165, 1.54) is 12.1 Å². The van der Waals surface area contributed by atoms with Crippen LogP contribution in [0, 0.1) is 5.82 Å². The molecule has 0 aliphatic heterocycles. The van der Waals surface area contributed by atoms with Crippen molar-refractivity contribution in [2.24, 2.45) is 0 Å². The standard InChI is InChI=1S/C22H22FN3O2/c1-2-28-21-6-4-3-5-19(21)26-22(27)20-15-18(12-14-25-20)24-13-11-16-7-9-17(23)10-8-16/h3-10,12,14-15H,2,11,13H2,1H3,(H,24,25)(H,26,27). The number of halogens is 1. The summed E-state index contributed by atoms with van der Waals surface area (Å²) in [7, 11) is 0. The summed E-state index contributed by atoms with van der Waals surface area (Å²) in [5, 5.41) is 6.10. The molecule has 0 saturated heterocycles. The van der Waals surface area contributed by atoms with Gasteiger partial charge < -0.3 is 15.4 Å². The molecule has 0 aliphatic carbocycles. The van der Waals surface area contributed by atoms with Crippen molar-refractivity contribution in [2.75, 3.05) is 23.8 Å². The number of aromatic nitrogens is 1. The van der Waals surface area contributed by atoms with Gasteiger partial charge in [0.05, 0.1) is 12.3 Å². The van der Waals surface area contributed by atoms with Crippen molar-refractivity contribution in [2.45, 2.75) is 13.3 Å².